The number of thioether (sulfide) groups is 1. The standard InChI is InChI=1S/C13H24N2O4S2/c1-2-20-12-8-5-6-10(12)14-21(18,19)15-9-4-3-7-11(15)13(16)17/h10-12,14H,2-9H2,1H3,(H,16,17). The minimum atomic E-state index is -3.72. The van der Waals surface area contributed by atoms with Gasteiger partial charge in [0.05, 0.1) is 0 Å². The monoisotopic (exact) mass is 336 g/mol. The maximum atomic E-state index is 12.5. The van der Waals surface area contributed by atoms with E-state index in [4.69, 9.17) is 0 Å². The molecule has 2 N–H and O–H groups in total. The van der Waals surface area contributed by atoms with Crippen LogP contribution in [-0.2, 0) is 15.0 Å². The summed E-state index contributed by atoms with van der Waals surface area (Å²) in [5, 5.41) is 9.53. The largest absolute Gasteiger partial charge is 0.480 e. The van der Waals surface area contributed by atoms with Gasteiger partial charge in [0.2, 0.25) is 0 Å². The molecule has 0 spiro atoms. The Bertz CT molecular complexity index is 469. The third kappa shape index (κ3) is 4.12. The van der Waals surface area contributed by atoms with Crippen molar-refractivity contribution in [2.75, 3.05) is 12.3 Å². The summed E-state index contributed by atoms with van der Waals surface area (Å²) in [5.41, 5.74) is 0. The van der Waals surface area contributed by atoms with Crippen LogP contribution in [0.1, 0.15) is 45.4 Å². The van der Waals surface area contributed by atoms with Crippen LogP contribution in [0.2, 0.25) is 0 Å². The summed E-state index contributed by atoms with van der Waals surface area (Å²) in [6.45, 7) is 2.37. The average Bonchev–Trinajstić information content (AvgIpc) is 2.86. The van der Waals surface area contributed by atoms with Crippen LogP contribution < -0.4 is 4.72 Å². The van der Waals surface area contributed by atoms with E-state index >= 15 is 0 Å². The van der Waals surface area contributed by atoms with Crippen LogP contribution in [0.5, 0.6) is 0 Å². The van der Waals surface area contributed by atoms with Crippen LogP contribution >= 0.6 is 11.8 Å². The molecule has 3 atom stereocenters. The number of rotatable bonds is 6. The van der Waals surface area contributed by atoms with Crippen LogP contribution in [0, 0.1) is 0 Å². The molecule has 1 saturated carbocycles. The van der Waals surface area contributed by atoms with E-state index in [0.29, 0.717) is 18.2 Å². The lowest BCUT2D eigenvalue weighted by Crippen LogP contribution is -2.54. The van der Waals surface area contributed by atoms with Crippen molar-refractivity contribution in [2.45, 2.75) is 62.8 Å². The summed E-state index contributed by atoms with van der Waals surface area (Å²) in [7, 11) is -3.72. The third-order valence-corrected chi connectivity index (χ3v) is 7.16. The second-order valence-electron chi connectivity index (χ2n) is 5.61. The zero-order chi connectivity index (χ0) is 15.5. The molecule has 1 heterocycles. The van der Waals surface area contributed by atoms with E-state index in [2.05, 4.69) is 11.6 Å². The molecule has 0 aromatic carbocycles. The predicted molar refractivity (Wildman–Crippen MR) is 83.6 cm³/mol. The zero-order valence-corrected chi connectivity index (χ0v) is 14.0. The quantitative estimate of drug-likeness (QED) is 0.766. The van der Waals surface area contributed by atoms with Crippen molar-refractivity contribution in [3.05, 3.63) is 0 Å². The maximum absolute atomic E-state index is 12.5. The average molecular weight is 336 g/mol. The summed E-state index contributed by atoms with van der Waals surface area (Å²) in [4.78, 5) is 11.3. The number of carboxylic acid groups (broad SMARTS) is 1. The molecule has 2 aliphatic rings. The Morgan fingerprint density at radius 2 is 2.05 bits per heavy atom. The van der Waals surface area contributed by atoms with Gasteiger partial charge in [-0.25, -0.2) is 0 Å². The number of piperidine rings is 1. The molecule has 0 radical (unpaired) electrons. The van der Waals surface area contributed by atoms with Crippen LogP contribution in [0.15, 0.2) is 0 Å². The Kier molecular flexibility index (Phi) is 5.93. The van der Waals surface area contributed by atoms with E-state index in [9.17, 15) is 18.3 Å². The Labute approximate surface area is 130 Å². The summed E-state index contributed by atoms with van der Waals surface area (Å²) >= 11 is 1.78. The highest BCUT2D eigenvalue weighted by molar-refractivity contribution is 8.00. The Morgan fingerprint density at radius 1 is 1.29 bits per heavy atom. The van der Waals surface area contributed by atoms with E-state index < -0.39 is 22.2 Å². The number of hydrogen-bond donors (Lipinski definition) is 2. The second kappa shape index (κ2) is 7.30. The van der Waals surface area contributed by atoms with Gasteiger partial charge >= 0.3 is 5.97 Å². The molecule has 1 aliphatic heterocycles. The highest BCUT2D eigenvalue weighted by Gasteiger charge is 2.39. The number of nitrogens with one attached hydrogen (secondary N) is 1. The first-order chi connectivity index (χ1) is 9.95. The van der Waals surface area contributed by atoms with Crippen molar-refractivity contribution < 1.29 is 18.3 Å². The fourth-order valence-electron chi connectivity index (χ4n) is 3.17. The van der Waals surface area contributed by atoms with E-state index in [1.807, 2.05) is 0 Å². The highest BCUT2D eigenvalue weighted by atomic mass is 32.2. The molecule has 1 aliphatic carbocycles. The molecule has 0 aromatic rings. The van der Waals surface area contributed by atoms with E-state index in [0.717, 1.165) is 42.2 Å². The highest BCUT2D eigenvalue weighted by Crippen LogP contribution is 2.31. The topological polar surface area (TPSA) is 86.7 Å². The molecule has 21 heavy (non-hydrogen) atoms. The van der Waals surface area contributed by atoms with Gasteiger partial charge in [-0.2, -0.15) is 29.2 Å². The van der Waals surface area contributed by atoms with Crippen LogP contribution in [0.3, 0.4) is 0 Å². The molecule has 1 saturated heterocycles. The van der Waals surface area contributed by atoms with Gasteiger partial charge in [-0.3, -0.25) is 4.79 Å². The normalized spacial score (nSPS) is 31.4. The van der Waals surface area contributed by atoms with Crippen molar-refractivity contribution in [1.29, 1.82) is 0 Å². The van der Waals surface area contributed by atoms with Crippen LogP contribution in [0.4, 0.5) is 0 Å². The minimum Gasteiger partial charge on any atom is -0.480 e. The number of aliphatic carboxylic acids is 1. The summed E-state index contributed by atoms with van der Waals surface area (Å²) in [6.07, 6.45) is 4.76. The van der Waals surface area contributed by atoms with Gasteiger partial charge in [0.25, 0.3) is 10.2 Å². The molecule has 2 fully saturated rings. The van der Waals surface area contributed by atoms with E-state index in [-0.39, 0.29) is 6.04 Å². The van der Waals surface area contributed by atoms with Gasteiger partial charge in [0.15, 0.2) is 0 Å². The van der Waals surface area contributed by atoms with Crippen molar-refractivity contribution in [1.82, 2.24) is 9.03 Å². The maximum Gasteiger partial charge on any atom is 0.322 e. The molecular weight excluding hydrogens is 312 g/mol. The van der Waals surface area contributed by atoms with Gasteiger partial charge < -0.3 is 5.11 Å². The molecule has 122 valence electrons. The first kappa shape index (κ1) is 17.1. The summed E-state index contributed by atoms with van der Waals surface area (Å²) in [5.74, 6) is -0.0874. The Hall–Kier alpha value is -0.310. The third-order valence-electron chi connectivity index (χ3n) is 4.18. The fourth-order valence-corrected chi connectivity index (χ4v) is 6.16. The number of carbonyl (C=O) groups is 1. The van der Waals surface area contributed by atoms with Crippen molar-refractivity contribution in [2.24, 2.45) is 0 Å². The van der Waals surface area contributed by atoms with Crippen LogP contribution in [0.25, 0.3) is 0 Å². The van der Waals surface area contributed by atoms with Crippen molar-refractivity contribution in [3.8, 4) is 0 Å². The molecular formula is C13H24N2O4S2. The number of nitrogens with zero attached hydrogens (tertiary/aromatic N) is 1. The molecule has 2 rings (SSSR count). The molecule has 8 heteroatoms. The smallest absolute Gasteiger partial charge is 0.322 e. The van der Waals surface area contributed by atoms with Crippen molar-refractivity contribution in [3.63, 3.8) is 0 Å². The predicted octanol–water partition coefficient (Wildman–Crippen LogP) is 1.43. The fraction of sp³-hybridized carbons (Fsp3) is 0.923. The minimum absolute atomic E-state index is 0.0729. The van der Waals surface area contributed by atoms with E-state index in [1.165, 1.54) is 0 Å². The first-order valence-corrected chi connectivity index (χ1v) is 10.1. The molecule has 0 aromatic heterocycles. The number of carboxylic acids is 1. The van der Waals surface area contributed by atoms with Gasteiger partial charge in [0, 0.05) is 17.8 Å². The zero-order valence-electron chi connectivity index (χ0n) is 12.3. The SMILES string of the molecule is CCSC1CCCC1NS(=O)(=O)N1CCCCC1C(=O)O. The first-order valence-electron chi connectivity index (χ1n) is 7.59. The molecule has 0 bridgehead atoms. The Morgan fingerprint density at radius 3 is 2.71 bits per heavy atom. The van der Waals surface area contributed by atoms with E-state index in [1.54, 1.807) is 11.8 Å². The summed E-state index contributed by atoms with van der Waals surface area (Å²) < 4.78 is 29.0. The lowest BCUT2D eigenvalue weighted by molar-refractivity contribution is -0.142. The van der Waals surface area contributed by atoms with Gasteiger partial charge in [0.1, 0.15) is 6.04 Å². The summed E-state index contributed by atoms with van der Waals surface area (Å²) in [6, 6.07) is -0.994. The molecule has 6 nitrogen and oxygen atoms in total. The van der Waals surface area contributed by atoms with Gasteiger partial charge in [-0.05, 0) is 37.9 Å². The lowest BCUT2D eigenvalue weighted by atomic mass is 10.1. The number of hydrogen-bond acceptors (Lipinski definition) is 4. The lowest BCUT2D eigenvalue weighted by Gasteiger charge is -2.33. The second-order valence-corrected chi connectivity index (χ2v) is 8.79. The molecule has 0 amide bonds. The van der Waals surface area contributed by atoms with Crippen LogP contribution in [-0.4, -0.2) is 53.4 Å². The Balaban J connectivity index is 2.07. The van der Waals surface area contributed by atoms with Gasteiger partial charge in [-0.15, -0.1) is 0 Å². The molecule has 3 unspecified atom stereocenters. The van der Waals surface area contributed by atoms with Gasteiger partial charge in [-0.1, -0.05) is 13.3 Å². The van der Waals surface area contributed by atoms with Crippen molar-refractivity contribution >= 4 is 27.9 Å².